The van der Waals surface area contributed by atoms with Gasteiger partial charge in [-0.25, -0.2) is 14.4 Å². The molecule has 1 atom stereocenters. The van der Waals surface area contributed by atoms with Crippen molar-refractivity contribution in [2.75, 3.05) is 13.1 Å². The molecule has 34 heavy (non-hydrogen) atoms. The fourth-order valence-electron chi connectivity index (χ4n) is 4.74. The van der Waals surface area contributed by atoms with Crippen molar-refractivity contribution in [3.05, 3.63) is 95.5 Å². The lowest BCUT2D eigenvalue weighted by Crippen LogP contribution is -2.22. The van der Waals surface area contributed by atoms with E-state index in [2.05, 4.69) is 34.2 Å². The van der Waals surface area contributed by atoms with Crippen molar-refractivity contribution < 1.29 is 14.3 Å². The van der Waals surface area contributed by atoms with Gasteiger partial charge in [0.15, 0.2) is 0 Å². The normalized spacial score (nSPS) is 19.0. The molecule has 2 aromatic carbocycles. The molecule has 1 saturated heterocycles. The molecule has 5 nitrogen and oxygen atoms in total. The molecule has 7 heteroatoms. The van der Waals surface area contributed by atoms with E-state index in [-0.39, 0.29) is 17.2 Å². The van der Waals surface area contributed by atoms with E-state index < -0.39 is 5.97 Å². The number of carboxylic acid groups (broad SMARTS) is 1. The summed E-state index contributed by atoms with van der Waals surface area (Å²) in [6.45, 7) is 1.76. The lowest BCUT2D eigenvalue weighted by Gasteiger charge is -2.15. The molecule has 1 fully saturated rings. The molecule has 2 aromatic heterocycles. The highest BCUT2D eigenvalue weighted by atomic mass is 32.1. The summed E-state index contributed by atoms with van der Waals surface area (Å²) in [5.74, 6) is -1.42. The van der Waals surface area contributed by atoms with Crippen molar-refractivity contribution in [2.24, 2.45) is 5.92 Å². The molecule has 3 heterocycles. The maximum absolute atomic E-state index is 15.1. The number of thiazole rings is 1. The van der Waals surface area contributed by atoms with Crippen LogP contribution in [0.2, 0.25) is 0 Å². The van der Waals surface area contributed by atoms with E-state index in [4.69, 9.17) is 4.98 Å². The summed E-state index contributed by atoms with van der Waals surface area (Å²) in [6, 6.07) is 19.4. The number of fused-ring (bicyclic) bond motifs is 1. The monoisotopic (exact) mass is 471 g/mol. The van der Waals surface area contributed by atoms with Crippen molar-refractivity contribution in [2.45, 2.75) is 18.4 Å². The molecule has 2 aliphatic rings. The molecule has 1 aliphatic carbocycles. The third-order valence-corrected chi connectivity index (χ3v) is 7.72. The Morgan fingerprint density at radius 3 is 2.65 bits per heavy atom. The fraction of sp³-hybridized carbons (Fsp3) is 0.222. The van der Waals surface area contributed by atoms with Crippen LogP contribution in [0.3, 0.4) is 0 Å². The minimum Gasteiger partial charge on any atom is -0.481 e. The highest BCUT2D eigenvalue weighted by Crippen LogP contribution is 2.45. The molecule has 6 rings (SSSR count). The summed E-state index contributed by atoms with van der Waals surface area (Å²) in [6.07, 6.45) is 4.93. The Hall–Kier alpha value is -3.42. The van der Waals surface area contributed by atoms with Crippen LogP contribution in [0.5, 0.6) is 0 Å². The number of likely N-dealkylation sites (tertiary alicyclic amines) is 1. The van der Waals surface area contributed by atoms with Gasteiger partial charge in [-0.05, 0) is 48.4 Å². The summed E-state index contributed by atoms with van der Waals surface area (Å²) in [4.78, 5) is 23.6. The van der Waals surface area contributed by atoms with Crippen LogP contribution in [0.25, 0.3) is 20.9 Å². The Balaban J connectivity index is 1.25. The number of pyridine rings is 1. The van der Waals surface area contributed by atoms with Gasteiger partial charge in [0.2, 0.25) is 0 Å². The second kappa shape index (κ2) is 8.11. The summed E-state index contributed by atoms with van der Waals surface area (Å²) in [7, 11) is 0. The van der Waals surface area contributed by atoms with Gasteiger partial charge in [0, 0.05) is 18.7 Å². The number of allylic oxidation sites excluding steroid dienone is 2. The van der Waals surface area contributed by atoms with Crippen molar-refractivity contribution in [1.82, 2.24) is 14.9 Å². The first kappa shape index (κ1) is 21.1. The predicted molar refractivity (Wildman–Crippen MR) is 130 cm³/mol. The number of hydrogen-bond acceptors (Lipinski definition) is 5. The van der Waals surface area contributed by atoms with Crippen LogP contribution in [0.4, 0.5) is 4.39 Å². The van der Waals surface area contributed by atoms with E-state index in [9.17, 15) is 9.90 Å². The fourth-order valence-corrected chi connectivity index (χ4v) is 5.70. The van der Waals surface area contributed by atoms with Gasteiger partial charge in [-0.2, -0.15) is 0 Å². The maximum Gasteiger partial charge on any atom is 0.307 e. The molecule has 0 spiro atoms. The van der Waals surface area contributed by atoms with Crippen LogP contribution in [0.15, 0.2) is 72.8 Å². The van der Waals surface area contributed by atoms with Crippen molar-refractivity contribution in [3.8, 4) is 10.6 Å². The predicted octanol–water partition coefficient (Wildman–Crippen LogP) is 5.26. The van der Waals surface area contributed by atoms with Crippen molar-refractivity contribution >= 4 is 27.7 Å². The third kappa shape index (κ3) is 3.71. The number of aromatic nitrogens is 2. The maximum atomic E-state index is 15.1. The van der Waals surface area contributed by atoms with E-state index in [1.807, 2.05) is 36.4 Å². The van der Waals surface area contributed by atoms with Gasteiger partial charge in [0.25, 0.3) is 0 Å². The number of nitrogens with zero attached hydrogens (tertiary/aromatic N) is 3. The third-order valence-electron chi connectivity index (χ3n) is 6.72. The van der Waals surface area contributed by atoms with E-state index in [1.54, 1.807) is 6.07 Å². The van der Waals surface area contributed by atoms with Gasteiger partial charge in [-0.1, -0.05) is 59.9 Å². The van der Waals surface area contributed by atoms with Crippen LogP contribution in [0.1, 0.15) is 23.2 Å². The number of hydrogen-bond donors (Lipinski definition) is 1. The largest absolute Gasteiger partial charge is 0.481 e. The van der Waals surface area contributed by atoms with Crippen molar-refractivity contribution in [3.63, 3.8) is 0 Å². The summed E-state index contributed by atoms with van der Waals surface area (Å²) >= 11 is 1.39. The highest BCUT2D eigenvalue weighted by Gasteiger charge is 2.39. The summed E-state index contributed by atoms with van der Waals surface area (Å²) < 4.78 is 15.1. The van der Waals surface area contributed by atoms with Gasteiger partial charge >= 0.3 is 5.97 Å². The van der Waals surface area contributed by atoms with Crippen LogP contribution in [-0.2, 0) is 16.8 Å². The molecule has 0 bridgehead atoms. The molecule has 0 radical (unpaired) electrons. The topological polar surface area (TPSA) is 66.3 Å². The number of carbonyl (C=O) groups is 1. The molecular weight excluding hydrogens is 449 g/mol. The van der Waals surface area contributed by atoms with E-state index in [0.29, 0.717) is 36.6 Å². The second-order valence-electron chi connectivity index (χ2n) is 8.98. The lowest BCUT2D eigenvalue weighted by molar-refractivity contribution is -0.141. The van der Waals surface area contributed by atoms with Crippen molar-refractivity contribution in [1.29, 1.82) is 0 Å². The Labute approximate surface area is 200 Å². The Morgan fingerprint density at radius 1 is 1.12 bits per heavy atom. The molecular formula is C27H22FN3O2S. The zero-order chi connectivity index (χ0) is 23.3. The van der Waals surface area contributed by atoms with Crippen LogP contribution >= 0.6 is 11.3 Å². The highest BCUT2D eigenvalue weighted by molar-refractivity contribution is 7.21. The average Bonchev–Trinajstić information content (AvgIpc) is 3.32. The van der Waals surface area contributed by atoms with Gasteiger partial charge in [0.1, 0.15) is 21.2 Å². The molecule has 0 amide bonds. The smallest absolute Gasteiger partial charge is 0.307 e. The Morgan fingerprint density at radius 2 is 1.94 bits per heavy atom. The van der Waals surface area contributed by atoms with Crippen LogP contribution in [0, 0.1) is 11.7 Å². The first-order chi connectivity index (χ1) is 16.5. The number of aliphatic carboxylic acids is 1. The Bertz CT molecular complexity index is 1430. The van der Waals surface area contributed by atoms with E-state index in [1.165, 1.54) is 23.0 Å². The Kier molecular flexibility index (Phi) is 5.04. The quantitative estimate of drug-likeness (QED) is 0.389. The lowest BCUT2D eigenvalue weighted by atomic mass is 9.89. The van der Waals surface area contributed by atoms with Gasteiger partial charge in [0.05, 0.1) is 17.0 Å². The standard InChI is InChI=1S/C27H22FN3O2S/c28-21-14-17(15-31-13-10-18(16-31)26(32)33)6-7-20(21)24-29-22-8-9-23(30-25(22)34-24)27(11-12-27)19-4-2-1-3-5-19/h1-9,11-12,14,18H,10,13,15-16H2,(H,32,33). The zero-order valence-corrected chi connectivity index (χ0v) is 19.1. The molecule has 4 aromatic rings. The average molecular weight is 472 g/mol. The van der Waals surface area contributed by atoms with Gasteiger partial charge < -0.3 is 5.11 Å². The SMILES string of the molecule is O=C(O)C1CCN(Cc2ccc(-c3nc4ccc(C5(c6ccccc6)C=C5)nc4s3)c(F)c2)C1. The molecule has 170 valence electrons. The summed E-state index contributed by atoms with van der Waals surface area (Å²) in [5, 5.41) is 9.79. The minimum atomic E-state index is -0.760. The zero-order valence-electron chi connectivity index (χ0n) is 18.3. The molecule has 0 saturated carbocycles. The van der Waals surface area contributed by atoms with E-state index in [0.717, 1.165) is 21.6 Å². The summed E-state index contributed by atoms with van der Waals surface area (Å²) in [5.41, 5.74) is 3.91. The second-order valence-corrected chi connectivity index (χ2v) is 9.96. The number of carboxylic acids is 1. The number of halogens is 1. The first-order valence-electron chi connectivity index (χ1n) is 11.3. The number of benzene rings is 2. The van der Waals surface area contributed by atoms with Crippen LogP contribution < -0.4 is 0 Å². The van der Waals surface area contributed by atoms with E-state index >= 15 is 4.39 Å². The van der Waals surface area contributed by atoms with Crippen LogP contribution in [-0.4, -0.2) is 39.0 Å². The molecule has 1 unspecified atom stereocenters. The van der Waals surface area contributed by atoms with Gasteiger partial charge in [-0.3, -0.25) is 9.69 Å². The first-order valence-corrected chi connectivity index (χ1v) is 12.1. The van der Waals surface area contributed by atoms with Gasteiger partial charge in [-0.15, -0.1) is 0 Å². The minimum absolute atomic E-state index is 0.262. The molecule has 1 aliphatic heterocycles. The number of rotatable bonds is 6. The molecule has 1 N–H and O–H groups in total.